The number of aromatic nitrogens is 3. The van der Waals surface area contributed by atoms with E-state index in [9.17, 15) is 0 Å². The number of nitrogens with zero attached hydrogens (tertiary/aromatic N) is 3. The summed E-state index contributed by atoms with van der Waals surface area (Å²) in [5.74, 6) is 0. The molecule has 2 heterocycles. The van der Waals surface area contributed by atoms with Gasteiger partial charge in [-0.05, 0) is 28.1 Å². The molecule has 0 spiro atoms. The van der Waals surface area contributed by atoms with E-state index in [4.69, 9.17) is 5.11 Å². The molecule has 2 rings (SSSR count). The van der Waals surface area contributed by atoms with Crippen LogP contribution in [0.1, 0.15) is 0 Å². The molecule has 78 valence electrons. The van der Waals surface area contributed by atoms with Gasteiger partial charge in [0.15, 0.2) is 0 Å². The minimum absolute atomic E-state index is 0.0872. The minimum Gasteiger partial charge on any atom is -0.394 e. The maximum atomic E-state index is 8.80. The van der Waals surface area contributed by atoms with Crippen LogP contribution in [-0.4, -0.2) is 26.5 Å². The Kier molecular flexibility index (Phi) is 3.13. The Bertz CT molecular complexity index is 441. The Balaban J connectivity index is 2.36. The van der Waals surface area contributed by atoms with E-state index in [1.54, 1.807) is 17.1 Å². The van der Waals surface area contributed by atoms with Crippen LogP contribution in [0.2, 0.25) is 0 Å². The van der Waals surface area contributed by atoms with Gasteiger partial charge in [0.1, 0.15) is 5.69 Å². The van der Waals surface area contributed by atoms with Crippen molar-refractivity contribution in [2.45, 2.75) is 6.54 Å². The van der Waals surface area contributed by atoms with Crippen LogP contribution in [0.4, 0.5) is 0 Å². The Hall–Kier alpha value is -1.20. The molecule has 0 radical (unpaired) electrons. The van der Waals surface area contributed by atoms with E-state index in [0.717, 1.165) is 15.7 Å². The number of rotatable bonds is 3. The standard InChI is InChI=1S/C10H10BrN3O/c11-9-7-14(5-6-15)13-10(9)8-1-3-12-4-2-8/h1-4,7,15H,5-6H2. The average molecular weight is 268 g/mol. The van der Waals surface area contributed by atoms with Crippen molar-refractivity contribution in [2.24, 2.45) is 0 Å². The molecule has 4 nitrogen and oxygen atoms in total. The van der Waals surface area contributed by atoms with Crippen molar-refractivity contribution in [3.05, 3.63) is 35.2 Å². The maximum Gasteiger partial charge on any atom is 0.107 e. The molecule has 0 fully saturated rings. The van der Waals surface area contributed by atoms with Gasteiger partial charge < -0.3 is 5.11 Å². The zero-order valence-electron chi connectivity index (χ0n) is 7.97. The number of halogens is 1. The van der Waals surface area contributed by atoms with E-state index in [1.807, 2.05) is 18.3 Å². The predicted octanol–water partition coefficient (Wildman–Crippen LogP) is 1.70. The normalized spacial score (nSPS) is 10.5. The molecule has 0 aliphatic carbocycles. The smallest absolute Gasteiger partial charge is 0.107 e. The number of hydrogen-bond acceptors (Lipinski definition) is 3. The van der Waals surface area contributed by atoms with Gasteiger partial charge in [-0.25, -0.2) is 0 Å². The Morgan fingerprint density at radius 2 is 2.07 bits per heavy atom. The lowest BCUT2D eigenvalue weighted by Crippen LogP contribution is -2.02. The molecule has 0 aliphatic rings. The van der Waals surface area contributed by atoms with Crippen molar-refractivity contribution in [3.63, 3.8) is 0 Å². The Labute approximate surface area is 95.7 Å². The van der Waals surface area contributed by atoms with Crippen molar-refractivity contribution < 1.29 is 5.11 Å². The lowest BCUT2D eigenvalue weighted by molar-refractivity contribution is 0.269. The van der Waals surface area contributed by atoms with E-state index in [1.165, 1.54) is 0 Å². The van der Waals surface area contributed by atoms with Crippen LogP contribution in [0.25, 0.3) is 11.3 Å². The first-order chi connectivity index (χ1) is 7.31. The van der Waals surface area contributed by atoms with Gasteiger partial charge in [0.2, 0.25) is 0 Å². The van der Waals surface area contributed by atoms with Gasteiger partial charge >= 0.3 is 0 Å². The molecule has 0 amide bonds. The van der Waals surface area contributed by atoms with E-state index in [-0.39, 0.29) is 6.61 Å². The molecule has 0 saturated heterocycles. The van der Waals surface area contributed by atoms with Gasteiger partial charge in [-0.1, -0.05) is 0 Å². The molecular weight excluding hydrogens is 258 g/mol. The summed E-state index contributed by atoms with van der Waals surface area (Å²) in [6, 6.07) is 3.80. The lowest BCUT2D eigenvalue weighted by Gasteiger charge is -1.97. The summed E-state index contributed by atoms with van der Waals surface area (Å²) in [6.07, 6.45) is 5.31. The van der Waals surface area contributed by atoms with Gasteiger partial charge in [-0.2, -0.15) is 5.10 Å². The number of pyridine rings is 1. The molecule has 0 unspecified atom stereocenters. The zero-order chi connectivity index (χ0) is 10.7. The van der Waals surface area contributed by atoms with Crippen LogP contribution >= 0.6 is 15.9 Å². The maximum absolute atomic E-state index is 8.80. The quantitative estimate of drug-likeness (QED) is 0.921. The first kappa shape index (κ1) is 10.3. The second-order valence-corrected chi connectivity index (χ2v) is 3.90. The molecule has 2 aromatic rings. The lowest BCUT2D eigenvalue weighted by atomic mass is 10.2. The molecule has 0 atom stereocenters. The Morgan fingerprint density at radius 1 is 1.33 bits per heavy atom. The fourth-order valence-corrected chi connectivity index (χ4v) is 1.86. The van der Waals surface area contributed by atoms with Crippen molar-refractivity contribution in [3.8, 4) is 11.3 Å². The topological polar surface area (TPSA) is 50.9 Å². The van der Waals surface area contributed by atoms with E-state index in [2.05, 4.69) is 26.0 Å². The molecule has 15 heavy (non-hydrogen) atoms. The highest BCUT2D eigenvalue weighted by Gasteiger charge is 2.07. The highest BCUT2D eigenvalue weighted by Crippen LogP contribution is 2.25. The number of aliphatic hydroxyl groups is 1. The minimum atomic E-state index is 0.0872. The van der Waals surface area contributed by atoms with Gasteiger partial charge in [-0.15, -0.1) is 0 Å². The summed E-state index contributed by atoms with van der Waals surface area (Å²) in [5, 5.41) is 13.2. The van der Waals surface area contributed by atoms with Crippen molar-refractivity contribution in [2.75, 3.05) is 6.61 Å². The fraction of sp³-hybridized carbons (Fsp3) is 0.200. The summed E-state index contributed by atoms with van der Waals surface area (Å²) < 4.78 is 2.63. The summed E-state index contributed by atoms with van der Waals surface area (Å²) in [5.41, 5.74) is 1.87. The molecule has 0 bridgehead atoms. The van der Waals surface area contributed by atoms with Gasteiger partial charge in [0, 0.05) is 24.2 Å². The predicted molar refractivity (Wildman–Crippen MR) is 60.2 cm³/mol. The van der Waals surface area contributed by atoms with Crippen LogP contribution in [0.3, 0.4) is 0 Å². The van der Waals surface area contributed by atoms with E-state index in [0.29, 0.717) is 6.54 Å². The van der Waals surface area contributed by atoms with Gasteiger partial charge in [0.05, 0.1) is 17.6 Å². The van der Waals surface area contributed by atoms with Crippen molar-refractivity contribution >= 4 is 15.9 Å². The zero-order valence-corrected chi connectivity index (χ0v) is 9.55. The van der Waals surface area contributed by atoms with Gasteiger partial charge in [0.25, 0.3) is 0 Å². The second-order valence-electron chi connectivity index (χ2n) is 3.05. The van der Waals surface area contributed by atoms with Gasteiger partial charge in [-0.3, -0.25) is 9.67 Å². The number of hydrogen-bond donors (Lipinski definition) is 1. The highest BCUT2D eigenvalue weighted by molar-refractivity contribution is 9.10. The third-order valence-corrected chi connectivity index (χ3v) is 2.58. The molecule has 2 aromatic heterocycles. The first-order valence-corrected chi connectivity index (χ1v) is 5.35. The number of aliphatic hydroxyl groups excluding tert-OH is 1. The molecule has 1 N–H and O–H groups in total. The average Bonchev–Trinajstić information content (AvgIpc) is 2.61. The summed E-state index contributed by atoms with van der Waals surface area (Å²) >= 11 is 3.44. The molecular formula is C10H10BrN3O. The second kappa shape index (κ2) is 4.55. The van der Waals surface area contributed by atoms with Crippen molar-refractivity contribution in [1.82, 2.24) is 14.8 Å². The molecule has 0 saturated carbocycles. The van der Waals surface area contributed by atoms with Crippen LogP contribution in [0.15, 0.2) is 35.2 Å². The summed E-state index contributed by atoms with van der Waals surface area (Å²) in [7, 11) is 0. The van der Waals surface area contributed by atoms with E-state index >= 15 is 0 Å². The van der Waals surface area contributed by atoms with Crippen LogP contribution in [0.5, 0.6) is 0 Å². The SMILES string of the molecule is OCCn1cc(Br)c(-c2ccncc2)n1. The third-order valence-electron chi connectivity index (χ3n) is 2.00. The summed E-state index contributed by atoms with van der Waals surface area (Å²) in [6.45, 7) is 0.591. The monoisotopic (exact) mass is 267 g/mol. The largest absolute Gasteiger partial charge is 0.394 e. The fourth-order valence-electron chi connectivity index (χ4n) is 1.32. The third kappa shape index (κ3) is 2.24. The van der Waals surface area contributed by atoms with Crippen LogP contribution in [-0.2, 0) is 6.54 Å². The highest BCUT2D eigenvalue weighted by atomic mass is 79.9. The van der Waals surface area contributed by atoms with Crippen LogP contribution < -0.4 is 0 Å². The van der Waals surface area contributed by atoms with Crippen LogP contribution in [0, 0.1) is 0 Å². The molecule has 0 aromatic carbocycles. The van der Waals surface area contributed by atoms with Crippen molar-refractivity contribution in [1.29, 1.82) is 0 Å². The Morgan fingerprint density at radius 3 is 2.73 bits per heavy atom. The molecule has 5 heteroatoms. The summed E-state index contributed by atoms with van der Waals surface area (Å²) in [4.78, 5) is 3.95. The van der Waals surface area contributed by atoms with E-state index < -0.39 is 0 Å². The molecule has 0 aliphatic heterocycles. The first-order valence-electron chi connectivity index (χ1n) is 4.55.